The molecule has 2 heterocycles. The highest BCUT2D eigenvalue weighted by Gasteiger charge is 2.21. The Kier molecular flexibility index (Phi) is 6.06. The summed E-state index contributed by atoms with van der Waals surface area (Å²) in [5.41, 5.74) is 3.98. The van der Waals surface area contributed by atoms with Gasteiger partial charge in [0.2, 0.25) is 0 Å². The van der Waals surface area contributed by atoms with Crippen LogP contribution in [0, 0.1) is 6.92 Å². The lowest BCUT2D eigenvalue weighted by molar-refractivity contribution is 0.288. The minimum Gasteiger partial charge on any atom is -0.396 e. The number of sulfonamides is 1. The molecular weight excluding hydrogens is 428 g/mol. The zero-order chi connectivity index (χ0) is 22.7. The van der Waals surface area contributed by atoms with E-state index in [4.69, 9.17) is 0 Å². The van der Waals surface area contributed by atoms with Gasteiger partial charge in [-0.1, -0.05) is 24.3 Å². The Hall–Kier alpha value is -3.50. The van der Waals surface area contributed by atoms with Crippen molar-refractivity contribution in [2.45, 2.75) is 24.8 Å². The molecule has 0 amide bonds. The van der Waals surface area contributed by atoms with Crippen LogP contribution in [0.1, 0.15) is 17.5 Å². The molecule has 0 aliphatic heterocycles. The van der Waals surface area contributed by atoms with Crippen LogP contribution in [0.2, 0.25) is 0 Å². The first-order valence-corrected chi connectivity index (χ1v) is 11.6. The predicted molar refractivity (Wildman–Crippen MR) is 123 cm³/mol. The third-order valence-electron chi connectivity index (χ3n) is 4.88. The summed E-state index contributed by atoms with van der Waals surface area (Å²) < 4.78 is 29.9. The number of fused-ring (bicyclic) bond motifs is 1. The molecule has 10 heteroatoms. The second kappa shape index (κ2) is 8.93. The van der Waals surface area contributed by atoms with Crippen LogP contribution in [0.4, 0.5) is 17.3 Å². The molecule has 0 spiro atoms. The van der Waals surface area contributed by atoms with E-state index in [0.717, 1.165) is 16.8 Å². The number of imidazole rings is 1. The van der Waals surface area contributed by atoms with E-state index in [1.165, 1.54) is 12.5 Å². The van der Waals surface area contributed by atoms with E-state index in [2.05, 4.69) is 25.0 Å². The van der Waals surface area contributed by atoms with Crippen molar-refractivity contribution >= 4 is 38.4 Å². The zero-order valence-electron chi connectivity index (χ0n) is 17.8. The zero-order valence-corrected chi connectivity index (χ0v) is 18.6. The normalized spacial score (nSPS) is 11.6. The molecule has 0 atom stereocenters. The third kappa shape index (κ3) is 4.71. The number of hydrogen-bond donors (Lipinski definition) is 3. The fourth-order valence-electron chi connectivity index (χ4n) is 3.29. The maximum Gasteiger partial charge on any atom is 0.282 e. The molecule has 4 rings (SSSR count). The van der Waals surface area contributed by atoms with Crippen LogP contribution in [0.3, 0.4) is 0 Å². The van der Waals surface area contributed by atoms with Crippen molar-refractivity contribution in [2.24, 2.45) is 7.05 Å². The highest BCUT2D eigenvalue weighted by molar-refractivity contribution is 7.92. The van der Waals surface area contributed by atoms with Crippen LogP contribution in [0.5, 0.6) is 0 Å². The summed E-state index contributed by atoms with van der Waals surface area (Å²) >= 11 is 0. The van der Waals surface area contributed by atoms with Gasteiger partial charge in [-0.2, -0.15) is 8.42 Å². The van der Waals surface area contributed by atoms with Gasteiger partial charge < -0.3 is 15.0 Å². The van der Waals surface area contributed by atoms with Crippen molar-refractivity contribution in [1.82, 2.24) is 19.5 Å². The van der Waals surface area contributed by atoms with E-state index >= 15 is 0 Å². The molecule has 0 aliphatic carbocycles. The first-order valence-electron chi connectivity index (χ1n) is 10.1. The standard InChI is InChI=1S/C22H24N6O3S/c1-15-9-10-16(6-5-11-29)19(12-15)26-21-22(25-18-8-4-3-7-17(18)24-21)27-32(30,31)20-13-28(2)14-23-20/h3-4,7-10,12-14,29H,5-6,11H2,1-2H3,(H,24,26)(H,25,27). The molecular formula is C22H24N6O3S. The van der Waals surface area contributed by atoms with Gasteiger partial charge in [0.1, 0.15) is 0 Å². The van der Waals surface area contributed by atoms with E-state index in [1.807, 2.05) is 43.3 Å². The molecule has 0 bridgehead atoms. The van der Waals surface area contributed by atoms with Gasteiger partial charge in [-0.25, -0.2) is 15.0 Å². The second-order valence-corrected chi connectivity index (χ2v) is 9.13. The Balaban J connectivity index is 1.78. The molecule has 0 aliphatic rings. The largest absolute Gasteiger partial charge is 0.396 e. The van der Waals surface area contributed by atoms with E-state index in [-0.39, 0.29) is 23.3 Å². The smallest absolute Gasteiger partial charge is 0.282 e. The summed E-state index contributed by atoms with van der Waals surface area (Å²) in [6, 6.07) is 13.2. The SMILES string of the molecule is Cc1ccc(CCCO)c(Nc2nc3ccccc3nc2NS(=O)(=O)c2cn(C)cn2)c1. The Morgan fingerprint density at radius 1 is 1.06 bits per heavy atom. The number of aryl methyl sites for hydroxylation is 3. The van der Waals surface area contributed by atoms with E-state index in [1.54, 1.807) is 17.7 Å². The highest BCUT2D eigenvalue weighted by Crippen LogP contribution is 2.29. The molecule has 0 radical (unpaired) electrons. The lowest BCUT2D eigenvalue weighted by atomic mass is 10.1. The van der Waals surface area contributed by atoms with Crippen molar-refractivity contribution in [2.75, 3.05) is 16.6 Å². The number of anilines is 3. The topological polar surface area (TPSA) is 122 Å². The van der Waals surface area contributed by atoms with Crippen molar-refractivity contribution in [3.63, 3.8) is 0 Å². The molecule has 2 aromatic carbocycles. The number of para-hydroxylation sites is 2. The molecule has 2 aromatic heterocycles. The van der Waals surface area contributed by atoms with Gasteiger partial charge in [0.05, 0.1) is 17.4 Å². The maximum atomic E-state index is 12.9. The Morgan fingerprint density at radius 2 is 1.78 bits per heavy atom. The van der Waals surface area contributed by atoms with Crippen LogP contribution >= 0.6 is 0 Å². The second-order valence-electron chi connectivity index (χ2n) is 7.51. The number of rotatable bonds is 8. The maximum absolute atomic E-state index is 12.9. The summed E-state index contributed by atoms with van der Waals surface area (Å²) in [5.74, 6) is 0.350. The number of aliphatic hydroxyl groups excluding tert-OH is 1. The fourth-order valence-corrected chi connectivity index (χ4v) is 4.28. The van der Waals surface area contributed by atoms with Gasteiger partial charge in [-0.15, -0.1) is 0 Å². The molecule has 0 saturated carbocycles. The van der Waals surface area contributed by atoms with Crippen LogP contribution in [-0.4, -0.2) is 39.7 Å². The quantitative estimate of drug-likeness (QED) is 0.375. The Labute approximate surface area is 186 Å². The van der Waals surface area contributed by atoms with Gasteiger partial charge in [-0.3, -0.25) is 4.72 Å². The summed E-state index contributed by atoms with van der Waals surface area (Å²) in [4.78, 5) is 13.1. The van der Waals surface area contributed by atoms with Crippen molar-refractivity contribution in [3.8, 4) is 0 Å². The molecule has 0 saturated heterocycles. The Bertz CT molecular complexity index is 1370. The third-order valence-corrected chi connectivity index (χ3v) is 6.10. The minimum absolute atomic E-state index is 0.0731. The fraction of sp³-hybridized carbons (Fsp3) is 0.227. The van der Waals surface area contributed by atoms with E-state index in [0.29, 0.717) is 23.9 Å². The first-order chi connectivity index (χ1) is 15.4. The van der Waals surface area contributed by atoms with Gasteiger partial charge in [0.25, 0.3) is 10.0 Å². The number of benzene rings is 2. The van der Waals surface area contributed by atoms with Crippen LogP contribution < -0.4 is 10.0 Å². The van der Waals surface area contributed by atoms with Crippen molar-refractivity contribution < 1.29 is 13.5 Å². The van der Waals surface area contributed by atoms with Gasteiger partial charge in [0, 0.05) is 25.5 Å². The van der Waals surface area contributed by atoms with Crippen LogP contribution in [0.25, 0.3) is 11.0 Å². The molecule has 0 unspecified atom stereocenters. The van der Waals surface area contributed by atoms with Gasteiger partial charge >= 0.3 is 0 Å². The first kappa shape index (κ1) is 21.7. The van der Waals surface area contributed by atoms with Crippen LogP contribution in [-0.2, 0) is 23.5 Å². The summed E-state index contributed by atoms with van der Waals surface area (Å²) in [5, 5.41) is 12.4. The van der Waals surface area contributed by atoms with Gasteiger partial charge in [0.15, 0.2) is 16.7 Å². The molecule has 9 nitrogen and oxygen atoms in total. The number of nitrogens with zero attached hydrogens (tertiary/aromatic N) is 4. The molecule has 3 N–H and O–H groups in total. The molecule has 0 fully saturated rings. The summed E-state index contributed by atoms with van der Waals surface area (Å²) in [6.07, 6.45) is 4.10. The number of aromatic nitrogens is 4. The van der Waals surface area contributed by atoms with Crippen molar-refractivity contribution in [1.29, 1.82) is 0 Å². The number of hydrogen-bond acceptors (Lipinski definition) is 7. The predicted octanol–water partition coefficient (Wildman–Crippen LogP) is 3.14. The molecule has 4 aromatic rings. The van der Waals surface area contributed by atoms with E-state index < -0.39 is 10.0 Å². The average Bonchev–Trinajstić information content (AvgIpc) is 3.21. The van der Waals surface area contributed by atoms with Crippen LogP contribution in [0.15, 0.2) is 60.0 Å². The van der Waals surface area contributed by atoms with Crippen molar-refractivity contribution in [3.05, 3.63) is 66.1 Å². The Morgan fingerprint density at radius 3 is 2.44 bits per heavy atom. The monoisotopic (exact) mass is 452 g/mol. The average molecular weight is 453 g/mol. The molecule has 166 valence electrons. The van der Waals surface area contributed by atoms with Gasteiger partial charge in [-0.05, 0) is 49.1 Å². The number of aliphatic hydroxyl groups is 1. The van der Waals surface area contributed by atoms with E-state index in [9.17, 15) is 13.5 Å². The highest BCUT2D eigenvalue weighted by atomic mass is 32.2. The number of nitrogens with one attached hydrogen (secondary N) is 2. The lowest BCUT2D eigenvalue weighted by Gasteiger charge is -2.16. The summed E-state index contributed by atoms with van der Waals surface area (Å²) in [7, 11) is -2.27. The molecule has 32 heavy (non-hydrogen) atoms. The minimum atomic E-state index is -3.97. The summed E-state index contributed by atoms with van der Waals surface area (Å²) in [6.45, 7) is 2.05. The lowest BCUT2D eigenvalue weighted by Crippen LogP contribution is -2.16.